The number of hydrogen-bond acceptors (Lipinski definition) is 8. The van der Waals surface area contributed by atoms with Crippen molar-refractivity contribution in [2.75, 3.05) is 69.9 Å². The predicted molar refractivity (Wildman–Crippen MR) is 148 cm³/mol. The summed E-state index contributed by atoms with van der Waals surface area (Å²) < 4.78 is 52.8. The highest BCUT2D eigenvalue weighted by Gasteiger charge is 2.39. The summed E-state index contributed by atoms with van der Waals surface area (Å²) in [6.45, 7) is 8.62. The average Bonchev–Trinajstić information content (AvgIpc) is 2.91. The fraction of sp³-hybridized carbons (Fsp3) is 0.500. The van der Waals surface area contributed by atoms with Crippen molar-refractivity contribution in [3.63, 3.8) is 0 Å². The van der Waals surface area contributed by atoms with Gasteiger partial charge in [-0.25, -0.2) is 0 Å². The number of benzene rings is 2. The SMILES string of the molecule is CC(C)N1CCN(c2ccc3cc(/C(=C(\C#N)C(=O)SCCOCCOCCO)C(F)(F)F)ccc3c2)CC1. The highest BCUT2D eigenvalue weighted by molar-refractivity contribution is 8.14. The molecule has 39 heavy (non-hydrogen) atoms. The maximum Gasteiger partial charge on any atom is 0.418 e. The summed E-state index contributed by atoms with van der Waals surface area (Å²) in [6, 6.07) is 11.9. The number of nitriles is 1. The molecule has 3 rings (SSSR count). The zero-order valence-corrected chi connectivity index (χ0v) is 23.0. The van der Waals surface area contributed by atoms with Crippen LogP contribution in [0.25, 0.3) is 16.3 Å². The number of thioether (sulfide) groups is 1. The minimum Gasteiger partial charge on any atom is -0.394 e. The lowest BCUT2D eigenvalue weighted by Crippen LogP contribution is -2.48. The zero-order chi connectivity index (χ0) is 28.4. The molecule has 1 N–H and O–H groups in total. The third-order valence-corrected chi connectivity index (χ3v) is 7.28. The molecule has 212 valence electrons. The lowest BCUT2D eigenvalue weighted by Gasteiger charge is -2.38. The molecule has 7 nitrogen and oxygen atoms in total. The fourth-order valence-corrected chi connectivity index (χ4v) is 5.07. The molecule has 2 aromatic rings. The van der Waals surface area contributed by atoms with E-state index in [-0.39, 0.29) is 44.4 Å². The molecule has 0 amide bonds. The molecule has 0 atom stereocenters. The van der Waals surface area contributed by atoms with Gasteiger partial charge in [0, 0.05) is 43.7 Å². The summed E-state index contributed by atoms with van der Waals surface area (Å²) in [5, 5.41) is 18.6. The van der Waals surface area contributed by atoms with Crippen LogP contribution in [0.5, 0.6) is 0 Å². The van der Waals surface area contributed by atoms with Crippen molar-refractivity contribution in [3.05, 3.63) is 47.5 Å². The molecule has 0 saturated carbocycles. The molecule has 0 spiro atoms. The summed E-state index contributed by atoms with van der Waals surface area (Å²) in [5.74, 6) is 0.0844. The minimum atomic E-state index is -4.90. The number of piperazine rings is 1. The third-order valence-electron chi connectivity index (χ3n) is 6.44. The number of anilines is 1. The normalized spacial score (nSPS) is 15.5. The Morgan fingerprint density at radius 2 is 1.67 bits per heavy atom. The van der Waals surface area contributed by atoms with Crippen LogP contribution in [0.4, 0.5) is 18.9 Å². The number of nitrogens with zero attached hydrogens (tertiary/aromatic N) is 3. The lowest BCUT2D eigenvalue weighted by atomic mass is 9.97. The second kappa shape index (κ2) is 14.7. The van der Waals surface area contributed by atoms with Crippen molar-refractivity contribution < 1.29 is 32.5 Å². The van der Waals surface area contributed by atoms with E-state index in [9.17, 15) is 23.2 Å². The van der Waals surface area contributed by atoms with E-state index in [0.29, 0.717) is 23.2 Å². The molecular formula is C28H34F3N3O4S. The molecule has 2 aromatic carbocycles. The van der Waals surface area contributed by atoms with Crippen LogP contribution in [-0.4, -0.2) is 92.3 Å². The Morgan fingerprint density at radius 1 is 1.03 bits per heavy atom. The number of ether oxygens (including phenoxy) is 2. The van der Waals surface area contributed by atoms with Crippen molar-refractivity contribution in [1.29, 1.82) is 5.26 Å². The van der Waals surface area contributed by atoms with Crippen molar-refractivity contribution in [3.8, 4) is 6.07 Å². The molecule has 0 aliphatic carbocycles. The second-order valence-corrected chi connectivity index (χ2v) is 10.4. The minimum absolute atomic E-state index is 0.0844. The number of allylic oxidation sites excluding steroid dienone is 1. The number of alkyl halides is 3. The Kier molecular flexibility index (Phi) is 11.6. The van der Waals surface area contributed by atoms with Gasteiger partial charge >= 0.3 is 6.18 Å². The molecule has 1 saturated heterocycles. The van der Waals surface area contributed by atoms with Crippen molar-refractivity contribution >= 4 is 38.9 Å². The van der Waals surface area contributed by atoms with Gasteiger partial charge in [0.15, 0.2) is 0 Å². The first-order chi connectivity index (χ1) is 18.7. The van der Waals surface area contributed by atoms with Crippen molar-refractivity contribution in [2.24, 2.45) is 0 Å². The number of fused-ring (bicyclic) bond motifs is 1. The van der Waals surface area contributed by atoms with Crippen LogP contribution in [0.15, 0.2) is 42.0 Å². The van der Waals surface area contributed by atoms with Gasteiger partial charge in [0.2, 0.25) is 5.12 Å². The molecule has 0 radical (unpaired) electrons. The van der Waals surface area contributed by atoms with Crippen LogP contribution in [0.2, 0.25) is 0 Å². The largest absolute Gasteiger partial charge is 0.418 e. The van der Waals surface area contributed by atoms with Crippen LogP contribution in [0.3, 0.4) is 0 Å². The van der Waals surface area contributed by atoms with Gasteiger partial charge in [0.05, 0.1) is 38.6 Å². The Balaban J connectivity index is 1.75. The fourth-order valence-electron chi connectivity index (χ4n) is 4.39. The number of hydrogen-bond donors (Lipinski definition) is 1. The standard InChI is InChI=1S/C28H34F3N3O4S/c1-20(2)33-7-9-34(10-8-33)24-6-5-21-17-23(4-3-22(21)18-24)26(28(29,30)31)25(19-32)27(36)39-16-15-38-14-13-37-12-11-35/h3-6,17-18,20,35H,7-16H2,1-2H3/b26-25-. The first kappa shape index (κ1) is 30.9. The smallest absolute Gasteiger partial charge is 0.394 e. The summed E-state index contributed by atoms with van der Waals surface area (Å²) in [7, 11) is 0. The summed E-state index contributed by atoms with van der Waals surface area (Å²) in [4.78, 5) is 17.3. The highest BCUT2D eigenvalue weighted by Crippen LogP contribution is 2.39. The Labute approximate surface area is 231 Å². The van der Waals surface area contributed by atoms with Crippen LogP contribution in [0, 0.1) is 11.3 Å². The van der Waals surface area contributed by atoms with E-state index in [0.717, 1.165) is 37.3 Å². The van der Waals surface area contributed by atoms with Crippen LogP contribution in [0.1, 0.15) is 19.4 Å². The number of halogens is 3. The number of aliphatic hydroxyl groups excluding tert-OH is 1. The summed E-state index contributed by atoms with van der Waals surface area (Å²) >= 11 is 0.606. The van der Waals surface area contributed by atoms with E-state index in [1.54, 1.807) is 12.1 Å². The Hall–Kier alpha value is -2.62. The van der Waals surface area contributed by atoms with Crippen LogP contribution >= 0.6 is 11.8 Å². The first-order valence-electron chi connectivity index (χ1n) is 12.8. The first-order valence-corrected chi connectivity index (χ1v) is 13.8. The van der Waals surface area contributed by atoms with E-state index in [2.05, 4.69) is 23.6 Å². The quantitative estimate of drug-likeness (QED) is 0.229. The number of rotatable bonds is 12. The topological polar surface area (TPSA) is 86.0 Å². The number of carbonyl (C=O) groups is 1. The van der Waals surface area contributed by atoms with E-state index in [1.165, 1.54) is 18.2 Å². The van der Waals surface area contributed by atoms with E-state index >= 15 is 0 Å². The predicted octanol–water partition coefficient (Wildman–Crippen LogP) is 4.49. The van der Waals surface area contributed by atoms with Gasteiger partial charge in [-0.05, 0) is 48.4 Å². The molecule has 0 bridgehead atoms. The second-order valence-electron chi connectivity index (χ2n) is 9.31. The van der Waals surface area contributed by atoms with Gasteiger partial charge in [-0.3, -0.25) is 9.69 Å². The van der Waals surface area contributed by atoms with E-state index < -0.39 is 22.4 Å². The molecule has 1 aliphatic heterocycles. The number of carbonyl (C=O) groups excluding carboxylic acids is 1. The third kappa shape index (κ3) is 8.68. The van der Waals surface area contributed by atoms with Crippen LogP contribution in [-0.2, 0) is 14.3 Å². The molecule has 0 unspecified atom stereocenters. The van der Waals surface area contributed by atoms with Gasteiger partial charge in [0.25, 0.3) is 0 Å². The molecule has 0 aromatic heterocycles. The zero-order valence-electron chi connectivity index (χ0n) is 22.2. The highest BCUT2D eigenvalue weighted by atomic mass is 32.2. The summed E-state index contributed by atoms with van der Waals surface area (Å²) in [5.41, 5.74) is -1.39. The van der Waals surface area contributed by atoms with Crippen molar-refractivity contribution in [1.82, 2.24) is 4.90 Å². The maximum absolute atomic E-state index is 14.2. The van der Waals surface area contributed by atoms with Gasteiger partial charge in [-0.2, -0.15) is 18.4 Å². The Morgan fingerprint density at radius 3 is 2.28 bits per heavy atom. The monoisotopic (exact) mass is 565 g/mol. The molecule has 1 fully saturated rings. The van der Waals surface area contributed by atoms with Gasteiger partial charge in [-0.15, -0.1) is 0 Å². The van der Waals surface area contributed by atoms with Crippen LogP contribution < -0.4 is 4.90 Å². The maximum atomic E-state index is 14.2. The Bertz CT molecular complexity index is 1190. The van der Waals surface area contributed by atoms with Crippen molar-refractivity contribution in [2.45, 2.75) is 26.1 Å². The van der Waals surface area contributed by atoms with E-state index in [1.807, 2.05) is 12.1 Å². The lowest BCUT2D eigenvalue weighted by molar-refractivity contribution is -0.108. The molecule has 1 heterocycles. The number of aliphatic hydroxyl groups is 1. The summed E-state index contributed by atoms with van der Waals surface area (Å²) in [6.07, 6.45) is -4.90. The molecular weight excluding hydrogens is 531 g/mol. The van der Waals surface area contributed by atoms with Gasteiger partial charge < -0.3 is 19.5 Å². The average molecular weight is 566 g/mol. The van der Waals surface area contributed by atoms with E-state index in [4.69, 9.17) is 14.6 Å². The molecule has 11 heteroatoms. The van der Waals surface area contributed by atoms with Gasteiger partial charge in [-0.1, -0.05) is 30.0 Å². The molecule has 1 aliphatic rings. The van der Waals surface area contributed by atoms with Gasteiger partial charge in [0.1, 0.15) is 11.6 Å².